The van der Waals surface area contributed by atoms with Crippen LogP contribution in [0.15, 0.2) is 61.1 Å². The van der Waals surface area contributed by atoms with E-state index in [-0.39, 0.29) is 24.6 Å². The van der Waals surface area contributed by atoms with Gasteiger partial charge in [-0.1, -0.05) is 29.5 Å². The SMILES string of the molecule is O=C(Cc1cccnc1)Nc1nnc(CCCCc2ccc(NC(O)Cc3ccccn3)nc2F)s1. The van der Waals surface area contributed by atoms with Gasteiger partial charge >= 0.3 is 0 Å². The highest BCUT2D eigenvalue weighted by atomic mass is 32.1. The first kappa shape index (κ1) is 25.3. The molecule has 0 fully saturated rings. The number of halogens is 1. The predicted molar refractivity (Wildman–Crippen MR) is 135 cm³/mol. The van der Waals surface area contributed by atoms with Crippen LogP contribution in [0.1, 0.15) is 34.7 Å². The van der Waals surface area contributed by atoms with Gasteiger partial charge in [0.15, 0.2) is 0 Å². The Morgan fingerprint density at radius 1 is 1.06 bits per heavy atom. The van der Waals surface area contributed by atoms with Crippen LogP contribution >= 0.6 is 11.3 Å². The largest absolute Gasteiger partial charge is 0.373 e. The number of nitrogens with one attached hydrogen (secondary N) is 2. The summed E-state index contributed by atoms with van der Waals surface area (Å²) in [5, 5.41) is 25.1. The molecule has 0 aliphatic rings. The highest BCUT2D eigenvalue weighted by molar-refractivity contribution is 7.15. The summed E-state index contributed by atoms with van der Waals surface area (Å²) in [6.45, 7) is 0. The number of carbonyl (C=O) groups excluding carboxylic acids is 1. The molecular formula is C25H26FN7O2S. The normalized spacial score (nSPS) is 11.7. The second-order valence-electron chi connectivity index (χ2n) is 8.13. The van der Waals surface area contributed by atoms with E-state index in [9.17, 15) is 14.3 Å². The van der Waals surface area contributed by atoms with Crippen molar-refractivity contribution in [2.24, 2.45) is 0 Å². The Bertz CT molecular complexity index is 1260. The molecule has 0 saturated heterocycles. The Labute approximate surface area is 211 Å². The summed E-state index contributed by atoms with van der Waals surface area (Å²) in [5.41, 5.74) is 2.07. The van der Waals surface area contributed by atoms with Crippen LogP contribution in [0.4, 0.5) is 15.3 Å². The molecule has 0 radical (unpaired) electrons. The first-order chi connectivity index (χ1) is 17.5. The van der Waals surface area contributed by atoms with Crippen LogP contribution in [0.3, 0.4) is 0 Å². The van der Waals surface area contributed by atoms with Crippen molar-refractivity contribution in [3.8, 4) is 0 Å². The van der Waals surface area contributed by atoms with E-state index in [1.807, 2.05) is 18.2 Å². The lowest BCUT2D eigenvalue weighted by atomic mass is 10.1. The van der Waals surface area contributed by atoms with E-state index in [2.05, 4.69) is 35.8 Å². The lowest BCUT2D eigenvalue weighted by molar-refractivity contribution is -0.115. The molecule has 3 N–H and O–H groups in total. The summed E-state index contributed by atoms with van der Waals surface area (Å²) in [6, 6.07) is 12.4. The number of hydrogen-bond acceptors (Lipinski definition) is 9. The maximum absolute atomic E-state index is 14.4. The lowest BCUT2D eigenvalue weighted by Crippen LogP contribution is -2.22. The highest BCUT2D eigenvalue weighted by Gasteiger charge is 2.12. The average molecular weight is 508 g/mol. The molecule has 36 heavy (non-hydrogen) atoms. The van der Waals surface area contributed by atoms with Crippen LogP contribution in [0.25, 0.3) is 0 Å². The molecule has 4 rings (SSSR count). The number of rotatable bonds is 12. The minimum absolute atomic E-state index is 0.170. The van der Waals surface area contributed by atoms with Gasteiger partial charge < -0.3 is 15.7 Å². The van der Waals surface area contributed by atoms with Crippen molar-refractivity contribution in [2.75, 3.05) is 10.6 Å². The zero-order valence-corrected chi connectivity index (χ0v) is 20.3. The van der Waals surface area contributed by atoms with Crippen molar-refractivity contribution in [1.29, 1.82) is 0 Å². The Morgan fingerprint density at radius 3 is 2.72 bits per heavy atom. The molecule has 0 aliphatic heterocycles. The van der Waals surface area contributed by atoms with Gasteiger partial charge in [-0.05, 0) is 49.1 Å². The number of anilines is 2. The third-order valence-electron chi connectivity index (χ3n) is 5.26. The molecule has 1 atom stereocenters. The van der Waals surface area contributed by atoms with Crippen LogP contribution in [-0.2, 0) is 30.5 Å². The van der Waals surface area contributed by atoms with Crippen molar-refractivity contribution in [1.82, 2.24) is 25.1 Å². The third-order valence-corrected chi connectivity index (χ3v) is 6.15. The van der Waals surface area contributed by atoms with E-state index < -0.39 is 12.2 Å². The number of aromatic nitrogens is 5. The van der Waals surface area contributed by atoms with E-state index in [0.29, 0.717) is 23.5 Å². The summed E-state index contributed by atoms with van der Waals surface area (Å²) in [5.74, 6) is -0.456. The number of aliphatic hydroxyl groups excluding tert-OH is 1. The fourth-order valence-electron chi connectivity index (χ4n) is 3.52. The maximum atomic E-state index is 14.4. The third kappa shape index (κ3) is 7.85. The van der Waals surface area contributed by atoms with Gasteiger partial charge in [0.2, 0.25) is 17.0 Å². The Morgan fingerprint density at radius 2 is 1.94 bits per heavy atom. The van der Waals surface area contributed by atoms with Crippen LogP contribution in [0, 0.1) is 5.95 Å². The number of aryl methyl sites for hydroxylation is 2. The molecule has 0 aliphatic carbocycles. The molecule has 0 bridgehead atoms. The lowest BCUT2D eigenvalue weighted by Gasteiger charge is -2.13. The topological polar surface area (TPSA) is 126 Å². The predicted octanol–water partition coefficient (Wildman–Crippen LogP) is 3.58. The quantitative estimate of drug-likeness (QED) is 0.151. The van der Waals surface area contributed by atoms with E-state index >= 15 is 0 Å². The van der Waals surface area contributed by atoms with E-state index in [1.54, 1.807) is 42.9 Å². The number of pyridine rings is 3. The zero-order chi connectivity index (χ0) is 25.2. The highest BCUT2D eigenvalue weighted by Crippen LogP contribution is 2.19. The first-order valence-corrected chi connectivity index (χ1v) is 12.4. The monoisotopic (exact) mass is 507 g/mol. The maximum Gasteiger partial charge on any atom is 0.230 e. The Kier molecular flexibility index (Phi) is 8.95. The van der Waals surface area contributed by atoms with Crippen LogP contribution in [-0.4, -0.2) is 42.4 Å². The van der Waals surface area contributed by atoms with Gasteiger partial charge in [0, 0.05) is 42.7 Å². The molecule has 1 amide bonds. The minimum atomic E-state index is -0.922. The van der Waals surface area contributed by atoms with Crippen LogP contribution in [0.2, 0.25) is 0 Å². The molecule has 0 spiro atoms. The number of nitrogens with zero attached hydrogens (tertiary/aromatic N) is 5. The van der Waals surface area contributed by atoms with Crippen LogP contribution in [0.5, 0.6) is 0 Å². The van der Waals surface area contributed by atoms with Crippen molar-refractivity contribution in [3.05, 3.63) is 88.8 Å². The number of unbranched alkanes of at least 4 members (excludes halogenated alkanes) is 1. The summed E-state index contributed by atoms with van der Waals surface area (Å²) in [6.07, 6.45) is 7.31. The Hall–Kier alpha value is -3.83. The van der Waals surface area contributed by atoms with E-state index in [4.69, 9.17) is 0 Å². The fourth-order valence-corrected chi connectivity index (χ4v) is 4.31. The van der Waals surface area contributed by atoms with Gasteiger partial charge in [-0.3, -0.25) is 14.8 Å². The molecular weight excluding hydrogens is 481 g/mol. The van der Waals surface area contributed by atoms with E-state index in [0.717, 1.165) is 29.1 Å². The number of carbonyl (C=O) groups is 1. The van der Waals surface area contributed by atoms with Crippen molar-refractivity contribution >= 4 is 28.2 Å². The standard InChI is InChI=1S/C25H26FN7O2S/c26-24-18(10-11-20(30-24)29-22(35)15-19-8-3-4-13-28-19)7-1-2-9-23-32-33-25(36-23)31-21(34)14-17-6-5-12-27-16-17/h3-6,8,10-13,16,22,35H,1-2,7,9,14-15H2,(H,29,30)(H,31,33,34). The molecule has 186 valence electrons. The van der Waals surface area contributed by atoms with Gasteiger partial charge in [0.25, 0.3) is 0 Å². The van der Waals surface area contributed by atoms with E-state index in [1.165, 1.54) is 11.3 Å². The molecule has 0 aromatic carbocycles. The molecule has 4 aromatic rings. The molecule has 9 nitrogen and oxygen atoms in total. The fraction of sp³-hybridized carbons (Fsp3) is 0.280. The zero-order valence-electron chi connectivity index (χ0n) is 19.5. The molecule has 11 heteroatoms. The van der Waals surface area contributed by atoms with Gasteiger partial charge in [0.05, 0.1) is 6.42 Å². The first-order valence-electron chi connectivity index (χ1n) is 11.6. The molecule has 1 unspecified atom stereocenters. The second-order valence-corrected chi connectivity index (χ2v) is 9.19. The van der Waals surface area contributed by atoms with Gasteiger partial charge in [-0.2, -0.15) is 4.39 Å². The summed E-state index contributed by atoms with van der Waals surface area (Å²) in [7, 11) is 0. The Balaban J connectivity index is 1.18. The van der Waals surface area contributed by atoms with Crippen molar-refractivity contribution < 1.29 is 14.3 Å². The summed E-state index contributed by atoms with van der Waals surface area (Å²) in [4.78, 5) is 24.2. The second kappa shape index (κ2) is 12.8. The smallest absolute Gasteiger partial charge is 0.230 e. The minimum Gasteiger partial charge on any atom is -0.373 e. The number of aliphatic hydroxyl groups is 1. The van der Waals surface area contributed by atoms with Crippen molar-refractivity contribution in [3.63, 3.8) is 0 Å². The molecule has 4 aromatic heterocycles. The molecule has 4 heterocycles. The van der Waals surface area contributed by atoms with Gasteiger partial charge in [-0.25, -0.2) is 4.98 Å². The van der Waals surface area contributed by atoms with Crippen molar-refractivity contribution in [2.45, 2.75) is 44.8 Å². The van der Waals surface area contributed by atoms with Gasteiger partial charge in [0.1, 0.15) is 17.1 Å². The summed E-state index contributed by atoms with van der Waals surface area (Å²) >= 11 is 1.34. The summed E-state index contributed by atoms with van der Waals surface area (Å²) < 4.78 is 14.4. The van der Waals surface area contributed by atoms with Crippen LogP contribution < -0.4 is 10.6 Å². The van der Waals surface area contributed by atoms with Gasteiger partial charge in [-0.15, -0.1) is 10.2 Å². The average Bonchev–Trinajstić information content (AvgIpc) is 3.31. The number of amides is 1. The number of hydrogen-bond donors (Lipinski definition) is 3. The molecule has 0 saturated carbocycles.